The minimum absolute atomic E-state index is 0.343. The van der Waals surface area contributed by atoms with Crippen molar-refractivity contribution in [2.75, 3.05) is 25.4 Å². The maximum absolute atomic E-state index is 11.6. The molecule has 122 valence electrons. The van der Waals surface area contributed by atoms with Gasteiger partial charge in [0.05, 0.1) is 0 Å². The summed E-state index contributed by atoms with van der Waals surface area (Å²) in [6, 6.07) is 6.17. The Morgan fingerprint density at radius 3 is 2.86 bits per heavy atom. The van der Waals surface area contributed by atoms with Crippen LogP contribution in [0.2, 0.25) is 0 Å². The standard InChI is InChI=1S/C17H27N3O2/c1-17(2,3)22-16(21)19-8-4-9-20-10-7-13-5-6-15(18)11-14(13)12-20/h5-6,11H,4,7-10,12,18H2,1-3H3,(H,19,21). The SMILES string of the molecule is CC(C)(C)OC(=O)NCCCN1CCc2ccc(N)cc2C1. The predicted octanol–water partition coefficient (Wildman–Crippen LogP) is 2.54. The smallest absolute Gasteiger partial charge is 0.407 e. The van der Waals surface area contributed by atoms with Crippen molar-refractivity contribution in [3.8, 4) is 0 Å². The molecule has 1 aliphatic rings. The molecule has 5 nitrogen and oxygen atoms in total. The molecule has 3 N–H and O–H groups in total. The number of nitrogen functional groups attached to an aromatic ring is 1. The van der Waals surface area contributed by atoms with E-state index in [1.807, 2.05) is 26.8 Å². The first-order valence-corrected chi connectivity index (χ1v) is 7.90. The Labute approximate surface area is 132 Å². The van der Waals surface area contributed by atoms with Gasteiger partial charge in [-0.2, -0.15) is 0 Å². The molecule has 0 aliphatic carbocycles. The number of anilines is 1. The number of rotatable bonds is 4. The molecular formula is C17H27N3O2. The highest BCUT2D eigenvalue weighted by atomic mass is 16.6. The number of amides is 1. The largest absolute Gasteiger partial charge is 0.444 e. The maximum atomic E-state index is 11.6. The van der Waals surface area contributed by atoms with Gasteiger partial charge in [0.25, 0.3) is 0 Å². The number of ether oxygens (including phenoxy) is 1. The minimum atomic E-state index is -0.444. The van der Waals surface area contributed by atoms with Crippen LogP contribution in [0.25, 0.3) is 0 Å². The van der Waals surface area contributed by atoms with Crippen molar-refractivity contribution >= 4 is 11.8 Å². The van der Waals surface area contributed by atoms with E-state index in [4.69, 9.17) is 10.5 Å². The van der Waals surface area contributed by atoms with Gasteiger partial charge in [0.15, 0.2) is 0 Å². The number of nitrogens with two attached hydrogens (primary N) is 1. The first kappa shape index (κ1) is 16.6. The van der Waals surface area contributed by atoms with Crippen LogP contribution in [0.5, 0.6) is 0 Å². The Bertz CT molecular complexity index is 523. The van der Waals surface area contributed by atoms with Gasteiger partial charge >= 0.3 is 6.09 Å². The lowest BCUT2D eigenvalue weighted by Crippen LogP contribution is -2.36. The van der Waals surface area contributed by atoms with Gasteiger partial charge < -0.3 is 15.8 Å². The highest BCUT2D eigenvalue weighted by Gasteiger charge is 2.17. The zero-order valence-electron chi connectivity index (χ0n) is 13.8. The summed E-state index contributed by atoms with van der Waals surface area (Å²) in [5, 5.41) is 2.80. The number of hydrogen-bond donors (Lipinski definition) is 2. The number of nitrogens with one attached hydrogen (secondary N) is 1. The van der Waals surface area contributed by atoms with Crippen molar-refractivity contribution in [1.82, 2.24) is 10.2 Å². The third-order valence-electron chi connectivity index (χ3n) is 3.64. The van der Waals surface area contributed by atoms with Crippen molar-refractivity contribution in [3.63, 3.8) is 0 Å². The van der Waals surface area contributed by atoms with Crippen LogP contribution in [0.4, 0.5) is 10.5 Å². The average Bonchev–Trinajstić information content (AvgIpc) is 2.41. The molecule has 0 atom stereocenters. The molecule has 1 aliphatic heterocycles. The number of carbonyl (C=O) groups excluding carboxylic acids is 1. The third kappa shape index (κ3) is 5.22. The number of benzene rings is 1. The van der Waals surface area contributed by atoms with Gasteiger partial charge in [-0.25, -0.2) is 4.79 Å². The molecule has 1 aromatic carbocycles. The second-order valence-electron chi connectivity index (χ2n) is 6.84. The molecule has 2 rings (SSSR count). The fourth-order valence-corrected chi connectivity index (χ4v) is 2.63. The molecule has 0 bridgehead atoms. The Morgan fingerprint density at radius 1 is 1.36 bits per heavy atom. The lowest BCUT2D eigenvalue weighted by molar-refractivity contribution is 0.0525. The van der Waals surface area contributed by atoms with Crippen LogP contribution in [0.15, 0.2) is 18.2 Å². The van der Waals surface area contributed by atoms with E-state index in [9.17, 15) is 4.79 Å². The van der Waals surface area contributed by atoms with E-state index in [2.05, 4.69) is 22.3 Å². The van der Waals surface area contributed by atoms with E-state index in [0.29, 0.717) is 6.54 Å². The van der Waals surface area contributed by atoms with Crippen LogP contribution in [0.3, 0.4) is 0 Å². The number of fused-ring (bicyclic) bond motifs is 1. The van der Waals surface area contributed by atoms with E-state index in [1.165, 1.54) is 11.1 Å². The Hall–Kier alpha value is -1.75. The third-order valence-corrected chi connectivity index (χ3v) is 3.64. The summed E-state index contributed by atoms with van der Waals surface area (Å²) in [5.74, 6) is 0. The van der Waals surface area contributed by atoms with E-state index in [-0.39, 0.29) is 6.09 Å². The number of carbonyl (C=O) groups is 1. The molecule has 0 spiro atoms. The summed E-state index contributed by atoms with van der Waals surface area (Å²) >= 11 is 0. The Balaban J connectivity index is 1.70. The summed E-state index contributed by atoms with van der Waals surface area (Å²) in [6.07, 6.45) is 1.63. The zero-order chi connectivity index (χ0) is 16.2. The summed E-state index contributed by atoms with van der Waals surface area (Å²) in [7, 11) is 0. The van der Waals surface area contributed by atoms with Gasteiger partial charge in [-0.15, -0.1) is 0 Å². The Kier molecular flexibility index (Phi) is 5.29. The minimum Gasteiger partial charge on any atom is -0.444 e. The first-order chi connectivity index (χ1) is 10.3. The summed E-state index contributed by atoms with van der Waals surface area (Å²) in [5.41, 5.74) is 8.96. The summed E-state index contributed by atoms with van der Waals surface area (Å²) < 4.78 is 5.21. The monoisotopic (exact) mass is 305 g/mol. The highest BCUT2D eigenvalue weighted by Crippen LogP contribution is 2.21. The summed E-state index contributed by atoms with van der Waals surface area (Å²) in [4.78, 5) is 14.0. The summed E-state index contributed by atoms with van der Waals surface area (Å²) in [6.45, 7) is 9.19. The molecule has 5 heteroatoms. The molecule has 22 heavy (non-hydrogen) atoms. The van der Waals surface area contributed by atoms with Crippen molar-refractivity contribution in [1.29, 1.82) is 0 Å². The second-order valence-corrected chi connectivity index (χ2v) is 6.84. The van der Waals surface area contributed by atoms with Gasteiger partial charge in [0.1, 0.15) is 5.60 Å². The van der Waals surface area contributed by atoms with Crippen LogP contribution in [0, 0.1) is 0 Å². The van der Waals surface area contributed by atoms with E-state index >= 15 is 0 Å². The van der Waals surface area contributed by atoms with Gasteiger partial charge in [-0.1, -0.05) is 6.07 Å². The topological polar surface area (TPSA) is 67.6 Å². The molecule has 0 saturated heterocycles. The lowest BCUT2D eigenvalue weighted by Gasteiger charge is -2.29. The molecule has 0 fully saturated rings. The average molecular weight is 305 g/mol. The van der Waals surface area contributed by atoms with E-state index < -0.39 is 5.60 Å². The van der Waals surface area contributed by atoms with Crippen LogP contribution in [0.1, 0.15) is 38.3 Å². The molecule has 1 heterocycles. The molecule has 1 aromatic rings. The number of hydrogen-bond acceptors (Lipinski definition) is 4. The van der Waals surface area contributed by atoms with Crippen molar-refractivity contribution in [2.24, 2.45) is 0 Å². The number of alkyl carbamates (subject to hydrolysis) is 1. The van der Waals surface area contributed by atoms with Crippen molar-refractivity contribution < 1.29 is 9.53 Å². The van der Waals surface area contributed by atoms with Crippen molar-refractivity contribution in [3.05, 3.63) is 29.3 Å². The molecule has 0 saturated carbocycles. The van der Waals surface area contributed by atoms with Gasteiger partial charge in [0.2, 0.25) is 0 Å². The molecule has 0 unspecified atom stereocenters. The van der Waals surface area contributed by atoms with Gasteiger partial charge in [-0.05, 0) is 56.9 Å². The van der Waals surface area contributed by atoms with E-state index in [0.717, 1.165) is 38.2 Å². The zero-order valence-corrected chi connectivity index (χ0v) is 13.8. The van der Waals surface area contributed by atoms with Crippen LogP contribution in [-0.4, -0.2) is 36.2 Å². The molecule has 1 amide bonds. The predicted molar refractivity (Wildman–Crippen MR) is 88.7 cm³/mol. The molecule has 0 radical (unpaired) electrons. The lowest BCUT2D eigenvalue weighted by atomic mass is 9.99. The second kappa shape index (κ2) is 7.01. The highest BCUT2D eigenvalue weighted by molar-refractivity contribution is 5.67. The normalized spacial score (nSPS) is 15.2. The quantitative estimate of drug-likeness (QED) is 0.662. The first-order valence-electron chi connectivity index (χ1n) is 7.90. The van der Waals surface area contributed by atoms with Gasteiger partial charge in [0, 0.05) is 31.9 Å². The van der Waals surface area contributed by atoms with Crippen LogP contribution in [-0.2, 0) is 17.7 Å². The van der Waals surface area contributed by atoms with Crippen molar-refractivity contribution in [2.45, 2.75) is 45.8 Å². The Morgan fingerprint density at radius 2 is 2.14 bits per heavy atom. The fourth-order valence-electron chi connectivity index (χ4n) is 2.63. The van der Waals surface area contributed by atoms with E-state index in [1.54, 1.807) is 0 Å². The van der Waals surface area contributed by atoms with Gasteiger partial charge in [-0.3, -0.25) is 4.90 Å². The van der Waals surface area contributed by atoms with Crippen LogP contribution >= 0.6 is 0 Å². The molecular weight excluding hydrogens is 278 g/mol. The molecule has 0 aromatic heterocycles. The fraction of sp³-hybridized carbons (Fsp3) is 0.588. The maximum Gasteiger partial charge on any atom is 0.407 e. The van der Waals surface area contributed by atoms with Crippen LogP contribution < -0.4 is 11.1 Å². The number of nitrogens with zero attached hydrogens (tertiary/aromatic N) is 1.